The van der Waals surface area contributed by atoms with Crippen molar-refractivity contribution in [3.8, 4) is 0 Å². The lowest BCUT2D eigenvalue weighted by Gasteiger charge is -2.18. The minimum Gasteiger partial charge on any atom is -0.388 e. The molecule has 5 nitrogen and oxygen atoms in total. The van der Waals surface area contributed by atoms with Gasteiger partial charge in [0, 0.05) is 24.5 Å². The number of benzene rings is 1. The lowest BCUT2D eigenvalue weighted by atomic mass is 10.1. The fraction of sp³-hybridized carbons (Fsp3) is 0.333. The quantitative estimate of drug-likeness (QED) is 0.676. The molecule has 2 aromatic rings. The van der Waals surface area contributed by atoms with Crippen LogP contribution in [0.4, 0.5) is 10.7 Å². The summed E-state index contributed by atoms with van der Waals surface area (Å²) in [6.45, 7) is 4.22. The van der Waals surface area contributed by atoms with Crippen molar-refractivity contribution < 1.29 is 10.0 Å². The molecular formula is C15H18N2O3S. The van der Waals surface area contributed by atoms with Crippen molar-refractivity contribution in [3.63, 3.8) is 0 Å². The highest BCUT2D eigenvalue weighted by molar-refractivity contribution is 7.16. The minimum atomic E-state index is -0.700. The van der Waals surface area contributed by atoms with Crippen molar-refractivity contribution in [1.82, 2.24) is 0 Å². The van der Waals surface area contributed by atoms with E-state index in [0.717, 1.165) is 11.1 Å². The van der Waals surface area contributed by atoms with Crippen LogP contribution in [0.15, 0.2) is 30.3 Å². The first-order valence-electron chi connectivity index (χ1n) is 6.62. The maximum absolute atomic E-state index is 11.2. The molecule has 0 aliphatic heterocycles. The van der Waals surface area contributed by atoms with Gasteiger partial charge in [-0.05, 0) is 25.0 Å². The molecule has 1 heterocycles. The molecular weight excluding hydrogens is 288 g/mol. The van der Waals surface area contributed by atoms with E-state index in [-0.39, 0.29) is 5.69 Å². The number of anilines is 1. The van der Waals surface area contributed by atoms with Gasteiger partial charge in [-0.3, -0.25) is 10.1 Å². The Bertz CT molecular complexity index is 652. The van der Waals surface area contributed by atoms with Crippen LogP contribution in [-0.4, -0.2) is 17.1 Å². The van der Waals surface area contributed by atoms with Crippen molar-refractivity contribution in [2.45, 2.75) is 26.5 Å². The van der Waals surface area contributed by atoms with Gasteiger partial charge >= 0.3 is 5.69 Å². The minimum absolute atomic E-state index is 0.0481. The largest absolute Gasteiger partial charge is 0.388 e. The predicted molar refractivity (Wildman–Crippen MR) is 84.9 cm³/mol. The van der Waals surface area contributed by atoms with E-state index in [1.165, 1.54) is 17.4 Å². The van der Waals surface area contributed by atoms with Crippen LogP contribution in [0.3, 0.4) is 0 Å². The third kappa shape index (κ3) is 3.40. The first kappa shape index (κ1) is 15.5. The normalized spacial score (nSPS) is 12.2. The van der Waals surface area contributed by atoms with E-state index < -0.39 is 11.0 Å². The van der Waals surface area contributed by atoms with Crippen molar-refractivity contribution >= 4 is 22.0 Å². The number of nitro groups is 1. The summed E-state index contributed by atoms with van der Waals surface area (Å²) in [4.78, 5) is 13.3. The highest BCUT2D eigenvalue weighted by Gasteiger charge is 2.23. The van der Waals surface area contributed by atoms with Crippen LogP contribution >= 0.6 is 11.3 Å². The highest BCUT2D eigenvalue weighted by Crippen LogP contribution is 2.40. The number of nitrogens with zero attached hydrogens (tertiary/aromatic N) is 2. The van der Waals surface area contributed by atoms with Gasteiger partial charge in [0.05, 0.1) is 11.0 Å². The molecule has 0 radical (unpaired) electrons. The zero-order chi connectivity index (χ0) is 15.6. The Morgan fingerprint density at radius 3 is 2.67 bits per heavy atom. The monoisotopic (exact) mass is 306 g/mol. The molecule has 0 aliphatic carbocycles. The summed E-state index contributed by atoms with van der Waals surface area (Å²) in [5.74, 6) is 0. The van der Waals surface area contributed by atoms with Crippen LogP contribution in [-0.2, 0) is 6.54 Å². The molecule has 1 N–H and O–H groups in total. The maximum Gasteiger partial charge on any atom is 0.304 e. The molecule has 0 aliphatic rings. The van der Waals surface area contributed by atoms with Gasteiger partial charge < -0.3 is 10.0 Å². The van der Waals surface area contributed by atoms with Gasteiger partial charge in [0.15, 0.2) is 5.00 Å². The lowest BCUT2D eigenvalue weighted by Crippen LogP contribution is -2.16. The molecule has 0 spiro atoms. The number of rotatable bonds is 5. The smallest absolute Gasteiger partial charge is 0.304 e. The molecule has 0 unspecified atom stereocenters. The summed E-state index contributed by atoms with van der Waals surface area (Å²) in [7, 11) is 1.83. The van der Waals surface area contributed by atoms with Gasteiger partial charge in [-0.2, -0.15) is 0 Å². The van der Waals surface area contributed by atoms with E-state index in [1.54, 1.807) is 6.92 Å². The number of hydrogen-bond donors (Lipinski definition) is 1. The average Bonchev–Trinajstić information content (AvgIpc) is 2.87. The summed E-state index contributed by atoms with van der Waals surface area (Å²) >= 11 is 1.26. The van der Waals surface area contributed by atoms with Crippen LogP contribution in [0.1, 0.15) is 29.0 Å². The summed E-state index contributed by atoms with van der Waals surface area (Å²) in [5, 5.41) is 21.4. The molecule has 1 aromatic heterocycles. The second kappa shape index (κ2) is 6.24. The Balaban J connectivity index is 2.32. The van der Waals surface area contributed by atoms with Crippen LogP contribution in [0.25, 0.3) is 0 Å². The Hall–Kier alpha value is -1.92. The summed E-state index contributed by atoms with van der Waals surface area (Å²) < 4.78 is 0. The van der Waals surface area contributed by atoms with Gasteiger partial charge in [0.25, 0.3) is 0 Å². The van der Waals surface area contributed by atoms with Crippen LogP contribution < -0.4 is 4.90 Å². The van der Waals surface area contributed by atoms with Crippen LogP contribution in [0.2, 0.25) is 0 Å². The number of thiophene rings is 1. The number of aryl methyl sites for hydroxylation is 1. The van der Waals surface area contributed by atoms with E-state index in [1.807, 2.05) is 43.1 Å². The summed E-state index contributed by atoms with van der Waals surface area (Å²) in [6.07, 6.45) is -0.700. The molecule has 0 bridgehead atoms. The molecule has 6 heteroatoms. The fourth-order valence-electron chi connectivity index (χ4n) is 2.11. The highest BCUT2D eigenvalue weighted by atomic mass is 32.1. The van der Waals surface area contributed by atoms with E-state index in [4.69, 9.17) is 0 Å². The van der Waals surface area contributed by atoms with E-state index in [0.29, 0.717) is 16.4 Å². The molecule has 0 saturated heterocycles. The Morgan fingerprint density at radius 1 is 1.43 bits per heavy atom. The lowest BCUT2D eigenvalue weighted by molar-refractivity contribution is -0.383. The topological polar surface area (TPSA) is 66.6 Å². The van der Waals surface area contributed by atoms with E-state index in [2.05, 4.69) is 0 Å². The molecule has 112 valence electrons. The van der Waals surface area contributed by atoms with Crippen molar-refractivity contribution in [3.05, 3.63) is 56.5 Å². The molecule has 21 heavy (non-hydrogen) atoms. The number of aliphatic hydroxyl groups is 1. The van der Waals surface area contributed by atoms with Gasteiger partial charge in [-0.25, -0.2) is 0 Å². The second-order valence-corrected chi connectivity index (χ2v) is 6.12. The summed E-state index contributed by atoms with van der Waals surface area (Å²) in [6, 6.07) is 9.42. The zero-order valence-corrected chi connectivity index (χ0v) is 13.1. The fourth-order valence-corrected chi connectivity index (χ4v) is 3.14. The number of aliphatic hydroxyl groups excluding tert-OH is 1. The van der Waals surface area contributed by atoms with Crippen LogP contribution in [0, 0.1) is 17.0 Å². The zero-order valence-electron chi connectivity index (χ0n) is 12.2. The van der Waals surface area contributed by atoms with Crippen LogP contribution in [0.5, 0.6) is 0 Å². The third-order valence-corrected chi connectivity index (χ3v) is 4.75. The van der Waals surface area contributed by atoms with E-state index >= 15 is 0 Å². The molecule has 0 fully saturated rings. The van der Waals surface area contributed by atoms with Gasteiger partial charge in [-0.15, -0.1) is 11.3 Å². The Labute approximate surface area is 127 Å². The van der Waals surface area contributed by atoms with E-state index in [9.17, 15) is 15.2 Å². The van der Waals surface area contributed by atoms with Crippen molar-refractivity contribution in [2.75, 3.05) is 11.9 Å². The van der Waals surface area contributed by atoms with Gasteiger partial charge in [0.2, 0.25) is 0 Å². The standard InChI is InChI=1S/C15H18N2O3S/c1-10-6-4-5-7-12(10)9-16(3)15-13(17(19)20)8-14(21-15)11(2)18/h4-8,11,18H,9H2,1-3H3/t11-/m1/s1. The molecule has 0 amide bonds. The molecule has 2 rings (SSSR count). The van der Waals surface area contributed by atoms with Gasteiger partial charge in [-0.1, -0.05) is 24.3 Å². The predicted octanol–water partition coefficient (Wildman–Crippen LogP) is 3.65. The second-order valence-electron chi connectivity index (χ2n) is 5.05. The molecule has 1 atom stereocenters. The van der Waals surface area contributed by atoms with Gasteiger partial charge in [0.1, 0.15) is 0 Å². The Kier molecular flexibility index (Phi) is 4.59. The average molecular weight is 306 g/mol. The molecule has 1 aromatic carbocycles. The third-order valence-electron chi connectivity index (χ3n) is 3.34. The van der Waals surface area contributed by atoms with Crippen molar-refractivity contribution in [2.24, 2.45) is 0 Å². The molecule has 0 saturated carbocycles. The first-order valence-corrected chi connectivity index (χ1v) is 7.43. The van der Waals surface area contributed by atoms with Crippen molar-refractivity contribution in [1.29, 1.82) is 0 Å². The SMILES string of the molecule is Cc1ccccc1CN(C)c1sc([C@@H](C)O)cc1[N+](=O)[O-]. The first-order chi connectivity index (χ1) is 9.90. The Morgan fingerprint density at radius 2 is 2.10 bits per heavy atom. The maximum atomic E-state index is 11.2. The summed E-state index contributed by atoms with van der Waals surface area (Å²) in [5.41, 5.74) is 2.33. The number of hydrogen-bond acceptors (Lipinski definition) is 5.